The zero-order valence-electron chi connectivity index (χ0n) is 8.97. The van der Waals surface area contributed by atoms with Crippen LogP contribution in [0.2, 0.25) is 0 Å². The van der Waals surface area contributed by atoms with Crippen molar-refractivity contribution in [3.05, 3.63) is 50.8 Å². The van der Waals surface area contributed by atoms with Crippen molar-refractivity contribution in [3.8, 4) is 0 Å². The van der Waals surface area contributed by atoms with Crippen LogP contribution in [0.15, 0.2) is 34.6 Å². The summed E-state index contributed by atoms with van der Waals surface area (Å²) in [6, 6.07) is 4.49. The minimum Gasteiger partial charge on any atom is -0.350 e. The molecule has 0 radical (unpaired) electrons. The highest BCUT2D eigenvalue weighted by molar-refractivity contribution is 7.09. The molecule has 0 bridgehead atoms. The van der Waals surface area contributed by atoms with Crippen LogP contribution in [0.4, 0.5) is 0 Å². The Balaban J connectivity index is 1.87. The number of pyridine rings is 1. The quantitative estimate of drug-likeness (QED) is 0.841. The van der Waals surface area contributed by atoms with Crippen LogP contribution >= 0.6 is 11.3 Å². The lowest BCUT2D eigenvalue weighted by atomic mass is 10.3. The summed E-state index contributed by atoms with van der Waals surface area (Å²) in [6.45, 7) is 0.503. The van der Waals surface area contributed by atoms with E-state index in [4.69, 9.17) is 0 Å². The maximum Gasteiger partial charge on any atom is 0.267 e. The first-order valence-electron chi connectivity index (χ1n) is 5.11. The van der Waals surface area contributed by atoms with Crippen molar-refractivity contribution in [1.29, 1.82) is 0 Å². The Kier molecular flexibility index (Phi) is 3.66. The molecule has 2 aromatic heterocycles. The fraction of sp³-hybridized carbons (Fsp3) is 0.182. The third-order valence-corrected chi connectivity index (χ3v) is 2.96. The van der Waals surface area contributed by atoms with Crippen LogP contribution < -0.4 is 10.9 Å². The second-order valence-electron chi connectivity index (χ2n) is 3.36. The highest BCUT2D eigenvalue weighted by Crippen LogP contribution is 2.03. The predicted molar refractivity (Wildman–Crippen MR) is 65.2 cm³/mol. The van der Waals surface area contributed by atoms with Gasteiger partial charge in [0, 0.05) is 30.6 Å². The predicted octanol–water partition coefficient (Wildman–Crippen LogP) is 0.804. The zero-order valence-corrected chi connectivity index (χ0v) is 9.79. The van der Waals surface area contributed by atoms with E-state index in [1.54, 1.807) is 29.7 Å². The van der Waals surface area contributed by atoms with E-state index < -0.39 is 0 Å². The number of hydrogen-bond donors (Lipinski definition) is 2. The number of aromatic amines is 1. The number of hydrogen-bond acceptors (Lipinski definition) is 4. The van der Waals surface area contributed by atoms with E-state index in [0.29, 0.717) is 13.0 Å². The molecule has 0 spiro atoms. The molecule has 2 N–H and O–H groups in total. The number of carbonyl (C=O) groups excluding carboxylic acids is 1. The molecular weight excluding hydrogens is 238 g/mol. The van der Waals surface area contributed by atoms with E-state index in [0.717, 1.165) is 5.01 Å². The molecule has 0 aliphatic heterocycles. The lowest BCUT2D eigenvalue weighted by molar-refractivity contribution is 0.0949. The maximum absolute atomic E-state index is 11.6. The van der Waals surface area contributed by atoms with E-state index in [2.05, 4.69) is 15.3 Å². The Bertz CT molecular complexity index is 548. The van der Waals surface area contributed by atoms with E-state index in [1.807, 2.05) is 5.38 Å². The van der Waals surface area contributed by atoms with Crippen molar-refractivity contribution in [3.63, 3.8) is 0 Å². The van der Waals surface area contributed by atoms with E-state index in [1.165, 1.54) is 6.07 Å². The molecular formula is C11H11N3O2S. The molecule has 2 rings (SSSR count). The Morgan fingerprint density at radius 3 is 3.06 bits per heavy atom. The van der Waals surface area contributed by atoms with Gasteiger partial charge in [-0.1, -0.05) is 6.07 Å². The van der Waals surface area contributed by atoms with Gasteiger partial charge in [0.15, 0.2) is 0 Å². The van der Waals surface area contributed by atoms with Crippen molar-refractivity contribution >= 4 is 17.2 Å². The molecule has 0 saturated heterocycles. The summed E-state index contributed by atoms with van der Waals surface area (Å²) in [4.78, 5) is 29.2. The molecule has 5 nitrogen and oxygen atoms in total. The Hall–Kier alpha value is -1.95. The third kappa shape index (κ3) is 3.25. The van der Waals surface area contributed by atoms with E-state index in [-0.39, 0.29) is 17.2 Å². The minimum atomic E-state index is -0.280. The van der Waals surface area contributed by atoms with Gasteiger partial charge in [-0.15, -0.1) is 11.3 Å². The highest BCUT2D eigenvalue weighted by atomic mass is 32.1. The fourth-order valence-electron chi connectivity index (χ4n) is 1.33. The fourth-order valence-corrected chi connectivity index (χ4v) is 1.96. The standard InChI is InChI=1S/C11H11N3O2S/c15-9-3-1-2-8(14-9)11(16)13-5-4-10-12-6-7-17-10/h1-3,6-7H,4-5H2,(H,13,16)(H,14,15). The number of rotatable bonds is 4. The molecule has 6 heteroatoms. The third-order valence-electron chi connectivity index (χ3n) is 2.12. The molecule has 0 aromatic carbocycles. The number of nitrogens with one attached hydrogen (secondary N) is 2. The summed E-state index contributed by atoms with van der Waals surface area (Å²) in [5, 5.41) is 5.60. The number of H-pyrrole nitrogens is 1. The monoisotopic (exact) mass is 249 g/mol. The van der Waals surface area contributed by atoms with Gasteiger partial charge in [0.25, 0.3) is 5.91 Å². The van der Waals surface area contributed by atoms with Gasteiger partial charge in [-0.3, -0.25) is 9.59 Å². The van der Waals surface area contributed by atoms with Gasteiger partial charge in [-0.25, -0.2) is 4.98 Å². The SMILES string of the molecule is O=C(NCCc1nccs1)c1cccc(=O)[nH]1. The van der Waals surface area contributed by atoms with Gasteiger partial charge >= 0.3 is 0 Å². The van der Waals surface area contributed by atoms with E-state index in [9.17, 15) is 9.59 Å². The molecule has 2 aromatic rings. The van der Waals surface area contributed by atoms with E-state index >= 15 is 0 Å². The Morgan fingerprint density at radius 1 is 1.47 bits per heavy atom. The van der Waals surface area contributed by atoms with Crippen molar-refractivity contribution in [2.75, 3.05) is 6.54 Å². The summed E-state index contributed by atoms with van der Waals surface area (Å²) in [5.41, 5.74) is -0.00536. The summed E-state index contributed by atoms with van der Waals surface area (Å²) in [6.07, 6.45) is 2.43. The molecule has 1 amide bonds. The van der Waals surface area contributed by atoms with Crippen molar-refractivity contribution in [1.82, 2.24) is 15.3 Å². The molecule has 0 unspecified atom stereocenters. The Labute approximate surface area is 102 Å². The van der Waals surface area contributed by atoms with Gasteiger partial charge in [0.05, 0.1) is 5.01 Å². The summed E-state index contributed by atoms with van der Waals surface area (Å²) >= 11 is 1.55. The first-order valence-corrected chi connectivity index (χ1v) is 5.99. The topological polar surface area (TPSA) is 74.8 Å². The van der Waals surface area contributed by atoms with Crippen LogP contribution in [0.1, 0.15) is 15.5 Å². The lowest BCUT2D eigenvalue weighted by Crippen LogP contribution is -2.27. The second-order valence-corrected chi connectivity index (χ2v) is 4.34. The molecule has 0 atom stereocenters. The van der Waals surface area contributed by atoms with Gasteiger partial charge in [0.2, 0.25) is 5.56 Å². The highest BCUT2D eigenvalue weighted by Gasteiger charge is 2.05. The average molecular weight is 249 g/mol. The first-order chi connectivity index (χ1) is 8.25. The Morgan fingerprint density at radius 2 is 2.35 bits per heavy atom. The largest absolute Gasteiger partial charge is 0.350 e. The van der Waals surface area contributed by atoms with Crippen molar-refractivity contribution in [2.45, 2.75) is 6.42 Å². The number of nitrogens with zero attached hydrogens (tertiary/aromatic N) is 1. The van der Waals surface area contributed by atoms with Crippen LogP contribution in [0.5, 0.6) is 0 Å². The molecule has 88 valence electrons. The molecule has 0 aliphatic rings. The van der Waals surface area contributed by atoms with Crippen LogP contribution in [-0.4, -0.2) is 22.4 Å². The normalized spacial score (nSPS) is 10.1. The van der Waals surface area contributed by atoms with Gasteiger partial charge in [-0.05, 0) is 6.07 Å². The smallest absolute Gasteiger partial charge is 0.267 e. The van der Waals surface area contributed by atoms with Gasteiger partial charge < -0.3 is 10.3 Å². The molecule has 0 saturated carbocycles. The number of aromatic nitrogens is 2. The first kappa shape index (κ1) is 11.5. The molecule has 0 fully saturated rings. The van der Waals surface area contributed by atoms with Crippen LogP contribution in [0.3, 0.4) is 0 Å². The number of thiazole rings is 1. The van der Waals surface area contributed by atoms with Gasteiger partial charge in [0.1, 0.15) is 5.69 Å². The average Bonchev–Trinajstić information content (AvgIpc) is 2.82. The maximum atomic E-state index is 11.6. The van der Waals surface area contributed by atoms with Gasteiger partial charge in [-0.2, -0.15) is 0 Å². The van der Waals surface area contributed by atoms with Crippen LogP contribution in [0.25, 0.3) is 0 Å². The number of amides is 1. The number of carbonyl (C=O) groups is 1. The molecule has 0 aliphatic carbocycles. The summed E-state index contributed by atoms with van der Waals surface area (Å²) in [7, 11) is 0. The minimum absolute atomic E-state index is 0.275. The second kappa shape index (κ2) is 5.40. The van der Waals surface area contributed by atoms with Crippen molar-refractivity contribution < 1.29 is 4.79 Å². The summed E-state index contributed by atoms with van der Waals surface area (Å²) < 4.78 is 0. The van der Waals surface area contributed by atoms with Crippen LogP contribution in [-0.2, 0) is 6.42 Å². The molecule has 17 heavy (non-hydrogen) atoms. The summed E-state index contributed by atoms with van der Waals surface area (Å²) in [5.74, 6) is -0.278. The zero-order chi connectivity index (χ0) is 12.1. The molecule has 2 heterocycles. The van der Waals surface area contributed by atoms with Crippen molar-refractivity contribution in [2.24, 2.45) is 0 Å². The van der Waals surface area contributed by atoms with Crippen LogP contribution in [0, 0.1) is 0 Å². The lowest BCUT2D eigenvalue weighted by Gasteiger charge is -2.03.